The highest BCUT2D eigenvalue weighted by molar-refractivity contribution is 6.35. The molecule has 0 radical (unpaired) electrons. The first-order chi connectivity index (χ1) is 8.74. The molecule has 0 bridgehead atoms. The summed E-state index contributed by atoms with van der Waals surface area (Å²) in [6, 6.07) is 10.5. The third kappa shape index (κ3) is 2.00. The fraction of sp³-hybridized carbons (Fsp3) is 0. The molecule has 0 unspecified atom stereocenters. The van der Waals surface area contributed by atoms with Crippen LogP contribution in [0.5, 0.6) is 11.6 Å². The van der Waals surface area contributed by atoms with E-state index in [1.165, 1.54) is 0 Å². The number of aromatic nitrogens is 3. The van der Waals surface area contributed by atoms with E-state index < -0.39 is 0 Å². The smallest absolute Gasteiger partial charge is 0.207 e. The second-order valence-corrected chi connectivity index (χ2v) is 4.44. The van der Waals surface area contributed by atoms with Gasteiger partial charge in [-0.2, -0.15) is 0 Å². The van der Waals surface area contributed by atoms with Crippen LogP contribution in [0.15, 0.2) is 42.7 Å². The van der Waals surface area contributed by atoms with Crippen LogP contribution in [0.1, 0.15) is 0 Å². The van der Waals surface area contributed by atoms with Crippen LogP contribution < -0.4 is 4.74 Å². The monoisotopic (exact) mass is 279 g/mol. The maximum Gasteiger partial charge on any atom is 0.207 e. The second kappa shape index (κ2) is 4.48. The average Bonchev–Trinajstić information content (AvgIpc) is 2.82. The minimum absolute atomic E-state index is 0.451. The maximum atomic E-state index is 6.05. The fourth-order valence-corrected chi connectivity index (χ4v) is 2.03. The predicted molar refractivity (Wildman–Crippen MR) is 69.5 cm³/mol. The minimum Gasteiger partial charge on any atom is -0.439 e. The van der Waals surface area contributed by atoms with Gasteiger partial charge in [0, 0.05) is 5.02 Å². The van der Waals surface area contributed by atoms with Crippen molar-refractivity contribution in [2.24, 2.45) is 0 Å². The van der Waals surface area contributed by atoms with E-state index in [9.17, 15) is 0 Å². The summed E-state index contributed by atoms with van der Waals surface area (Å²) in [5, 5.41) is 8.77. The van der Waals surface area contributed by atoms with Gasteiger partial charge in [0.05, 0.1) is 5.02 Å². The lowest BCUT2D eigenvalue weighted by Gasteiger charge is -2.08. The van der Waals surface area contributed by atoms with Crippen molar-refractivity contribution in [1.29, 1.82) is 0 Å². The average molecular weight is 280 g/mol. The van der Waals surface area contributed by atoms with Gasteiger partial charge in [-0.25, -0.2) is 0 Å². The van der Waals surface area contributed by atoms with E-state index in [4.69, 9.17) is 27.9 Å². The molecule has 0 N–H and O–H groups in total. The Morgan fingerprint density at radius 3 is 2.83 bits per heavy atom. The summed E-state index contributed by atoms with van der Waals surface area (Å²) in [4.78, 5) is 0. The summed E-state index contributed by atoms with van der Waals surface area (Å²) in [5.74, 6) is 1.11. The molecule has 0 saturated heterocycles. The summed E-state index contributed by atoms with van der Waals surface area (Å²) in [6.07, 6.45) is 1.58. The standard InChI is InChI=1S/C12H7Cl2N3O/c13-8-4-5-10(9(14)6-8)18-12-3-1-2-11-16-15-7-17(11)12/h1-7H. The molecule has 18 heavy (non-hydrogen) atoms. The Morgan fingerprint density at radius 2 is 2.00 bits per heavy atom. The molecule has 2 aromatic heterocycles. The zero-order valence-electron chi connectivity index (χ0n) is 9.05. The molecule has 0 spiro atoms. The molecule has 0 aliphatic carbocycles. The van der Waals surface area contributed by atoms with Gasteiger partial charge in [-0.3, -0.25) is 4.40 Å². The maximum absolute atomic E-state index is 6.05. The first kappa shape index (κ1) is 11.3. The van der Waals surface area contributed by atoms with Crippen molar-refractivity contribution in [1.82, 2.24) is 14.6 Å². The van der Waals surface area contributed by atoms with E-state index in [0.29, 0.717) is 27.3 Å². The topological polar surface area (TPSA) is 39.4 Å². The number of halogens is 2. The molecule has 6 heteroatoms. The number of hydrogen-bond donors (Lipinski definition) is 0. The molecule has 0 aliphatic rings. The van der Waals surface area contributed by atoms with Crippen molar-refractivity contribution >= 4 is 28.8 Å². The van der Waals surface area contributed by atoms with Gasteiger partial charge in [-0.05, 0) is 30.3 Å². The summed E-state index contributed by atoms with van der Waals surface area (Å²) in [5.41, 5.74) is 0.706. The lowest BCUT2D eigenvalue weighted by atomic mass is 10.3. The fourth-order valence-electron chi connectivity index (χ4n) is 1.58. The first-order valence-corrected chi connectivity index (χ1v) is 5.91. The van der Waals surface area contributed by atoms with E-state index in [0.717, 1.165) is 0 Å². The molecule has 1 aromatic carbocycles. The number of rotatable bonds is 2. The number of ether oxygens (including phenoxy) is 1. The van der Waals surface area contributed by atoms with Crippen molar-refractivity contribution in [3.63, 3.8) is 0 Å². The van der Waals surface area contributed by atoms with Crippen LogP contribution in [0.4, 0.5) is 0 Å². The zero-order valence-corrected chi connectivity index (χ0v) is 10.6. The van der Waals surface area contributed by atoms with E-state index in [2.05, 4.69) is 10.2 Å². The van der Waals surface area contributed by atoms with Crippen molar-refractivity contribution in [3.8, 4) is 11.6 Å². The van der Waals surface area contributed by atoms with E-state index in [-0.39, 0.29) is 0 Å². The molecule has 4 nitrogen and oxygen atoms in total. The molecule has 3 aromatic rings. The Hall–Kier alpha value is -1.78. The normalized spacial score (nSPS) is 10.8. The number of hydrogen-bond acceptors (Lipinski definition) is 3. The minimum atomic E-state index is 0.451. The van der Waals surface area contributed by atoms with Gasteiger partial charge in [0.25, 0.3) is 0 Å². The number of nitrogens with zero attached hydrogens (tertiary/aromatic N) is 3. The van der Waals surface area contributed by atoms with Crippen LogP contribution >= 0.6 is 23.2 Å². The van der Waals surface area contributed by atoms with Gasteiger partial charge in [-0.15, -0.1) is 10.2 Å². The number of pyridine rings is 1. The molecule has 0 saturated carbocycles. The van der Waals surface area contributed by atoms with Crippen LogP contribution in [0, 0.1) is 0 Å². The Labute approximate surface area is 113 Å². The molecule has 0 aliphatic heterocycles. The molecule has 0 amide bonds. The third-order valence-corrected chi connectivity index (χ3v) is 2.93. The molecule has 3 rings (SSSR count). The lowest BCUT2D eigenvalue weighted by molar-refractivity contribution is 0.456. The van der Waals surface area contributed by atoms with Crippen molar-refractivity contribution in [2.45, 2.75) is 0 Å². The van der Waals surface area contributed by atoms with E-state index >= 15 is 0 Å². The van der Waals surface area contributed by atoms with Gasteiger partial charge in [0.1, 0.15) is 12.1 Å². The highest BCUT2D eigenvalue weighted by Crippen LogP contribution is 2.31. The van der Waals surface area contributed by atoms with Crippen LogP contribution in [0.25, 0.3) is 5.65 Å². The Kier molecular flexibility index (Phi) is 2.81. The third-order valence-electron chi connectivity index (χ3n) is 2.40. The first-order valence-electron chi connectivity index (χ1n) is 5.16. The van der Waals surface area contributed by atoms with Gasteiger partial charge in [0.15, 0.2) is 5.65 Å². The van der Waals surface area contributed by atoms with Gasteiger partial charge < -0.3 is 4.74 Å². The van der Waals surface area contributed by atoms with E-state index in [1.54, 1.807) is 35.0 Å². The van der Waals surface area contributed by atoms with Crippen LogP contribution in [-0.4, -0.2) is 14.6 Å². The zero-order chi connectivity index (χ0) is 12.5. The molecular formula is C12H7Cl2N3O. The second-order valence-electron chi connectivity index (χ2n) is 3.60. The quantitative estimate of drug-likeness (QED) is 0.716. The highest BCUT2D eigenvalue weighted by atomic mass is 35.5. The summed E-state index contributed by atoms with van der Waals surface area (Å²) >= 11 is 11.9. The summed E-state index contributed by atoms with van der Waals surface area (Å²) in [7, 11) is 0. The van der Waals surface area contributed by atoms with E-state index in [1.807, 2.05) is 12.1 Å². The van der Waals surface area contributed by atoms with Gasteiger partial charge >= 0.3 is 0 Å². The van der Waals surface area contributed by atoms with Crippen LogP contribution in [-0.2, 0) is 0 Å². The Morgan fingerprint density at radius 1 is 1.11 bits per heavy atom. The summed E-state index contributed by atoms with van der Waals surface area (Å²) in [6.45, 7) is 0. The van der Waals surface area contributed by atoms with Crippen molar-refractivity contribution in [2.75, 3.05) is 0 Å². The SMILES string of the molecule is Clc1ccc(Oc2cccc3nncn23)c(Cl)c1. The highest BCUT2D eigenvalue weighted by Gasteiger charge is 2.07. The molecule has 0 fully saturated rings. The van der Waals surface area contributed by atoms with Crippen molar-refractivity contribution in [3.05, 3.63) is 52.8 Å². The molecule has 0 atom stereocenters. The lowest BCUT2D eigenvalue weighted by Crippen LogP contribution is -1.93. The Balaban J connectivity index is 2.03. The van der Waals surface area contributed by atoms with Gasteiger partial charge in [-0.1, -0.05) is 29.3 Å². The number of fused-ring (bicyclic) bond motifs is 1. The number of benzene rings is 1. The molecule has 2 heterocycles. The summed E-state index contributed by atoms with van der Waals surface area (Å²) < 4.78 is 7.46. The van der Waals surface area contributed by atoms with Crippen LogP contribution in [0.2, 0.25) is 10.0 Å². The molecular weight excluding hydrogens is 273 g/mol. The Bertz CT molecular complexity index is 711. The van der Waals surface area contributed by atoms with Crippen molar-refractivity contribution < 1.29 is 4.74 Å². The molecule has 90 valence electrons. The predicted octanol–water partition coefficient (Wildman–Crippen LogP) is 3.83. The largest absolute Gasteiger partial charge is 0.439 e. The van der Waals surface area contributed by atoms with Crippen LogP contribution in [0.3, 0.4) is 0 Å². The van der Waals surface area contributed by atoms with Gasteiger partial charge in [0.2, 0.25) is 5.88 Å².